The predicted molar refractivity (Wildman–Crippen MR) is 91.9 cm³/mol. The van der Waals surface area contributed by atoms with Crippen LogP contribution < -0.4 is 14.8 Å². The van der Waals surface area contributed by atoms with Gasteiger partial charge in [-0.3, -0.25) is 4.79 Å². The zero-order chi connectivity index (χ0) is 21.0. The lowest BCUT2D eigenvalue weighted by Gasteiger charge is -2.11. The van der Waals surface area contributed by atoms with Crippen molar-refractivity contribution < 1.29 is 28.0 Å². The van der Waals surface area contributed by atoms with Crippen molar-refractivity contribution in [3.63, 3.8) is 0 Å². The molecule has 0 aliphatic heterocycles. The van der Waals surface area contributed by atoms with Gasteiger partial charge in [0, 0.05) is 23.0 Å². The number of hydrogen-bond acceptors (Lipinski definition) is 8. The van der Waals surface area contributed by atoms with Crippen molar-refractivity contribution in [1.29, 1.82) is 0 Å². The maximum Gasteiger partial charge on any atom is 0.491 e. The molecule has 0 aliphatic rings. The fraction of sp³-hybridized carbons (Fsp3) is 0.200. The van der Waals surface area contributed by atoms with Crippen LogP contribution in [-0.2, 0) is 6.67 Å². The summed E-state index contributed by atoms with van der Waals surface area (Å²) in [5.41, 5.74) is 0.321. The third-order valence-electron chi connectivity index (χ3n) is 3.49. The third-order valence-corrected chi connectivity index (χ3v) is 3.49. The molecule has 0 radical (unpaired) electrons. The van der Waals surface area contributed by atoms with Crippen LogP contribution in [0.25, 0.3) is 0 Å². The number of rotatable bonds is 8. The van der Waals surface area contributed by atoms with Gasteiger partial charge in [0.05, 0.1) is 7.11 Å². The molecule has 0 bridgehead atoms. The molecule has 0 spiro atoms. The van der Waals surface area contributed by atoms with Crippen LogP contribution in [0, 0.1) is 10.1 Å². The first-order chi connectivity index (χ1) is 13.9. The SMILES string of the molecule is COc1cc(NC(=O)c2ccn(Cn3cnc([N+](=O)[O-])n3)n2)ccc1OC(F)F. The van der Waals surface area contributed by atoms with Gasteiger partial charge < -0.3 is 24.9 Å². The molecule has 2 aromatic heterocycles. The van der Waals surface area contributed by atoms with Gasteiger partial charge in [0.2, 0.25) is 6.33 Å². The molecule has 0 aliphatic carbocycles. The molecule has 2 heterocycles. The van der Waals surface area contributed by atoms with Crippen LogP contribution in [0.2, 0.25) is 0 Å². The van der Waals surface area contributed by atoms with E-state index in [2.05, 4.69) is 25.2 Å². The molecule has 0 saturated heterocycles. The van der Waals surface area contributed by atoms with Gasteiger partial charge in [0.1, 0.15) is 0 Å². The van der Waals surface area contributed by atoms with Gasteiger partial charge in [0.15, 0.2) is 23.9 Å². The molecule has 1 N–H and O–H groups in total. The number of hydrogen-bond donors (Lipinski definition) is 1. The fourth-order valence-corrected chi connectivity index (χ4v) is 2.28. The maximum absolute atomic E-state index is 12.4. The highest BCUT2D eigenvalue weighted by Crippen LogP contribution is 2.31. The molecule has 1 aromatic carbocycles. The summed E-state index contributed by atoms with van der Waals surface area (Å²) in [6.45, 7) is -3.01. The zero-order valence-electron chi connectivity index (χ0n) is 14.7. The molecular weight excluding hydrogens is 396 g/mol. The van der Waals surface area contributed by atoms with Crippen LogP contribution in [-0.4, -0.2) is 49.1 Å². The van der Waals surface area contributed by atoms with Gasteiger partial charge in [0.25, 0.3) is 5.91 Å². The zero-order valence-corrected chi connectivity index (χ0v) is 14.7. The molecule has 12 nitrogen and oxygen atoms in total. The van der Waals surface area contributed by atoms with Crippen LogP contribution in [0.15, 0.2) is 36.8 Å². The number of carbonyl (C=O) groups excluding carboxylic acids is 1. The minimum Gasteiger partial charge on any atom is -0.493 e. The Balaban J connectivity index is 1.67. The van der Waals surface area contributed by atoms with Crippen molar-refractivity contribution in [3.8, 4) is 11.5 Å². The Bertz CT molecular complexity index is 1040. The third kappa shape index (κ3) is 4.79. The monoisotopic (exact) mass is 409 g/mol. The van der Waals surface area contributed by atoms with Gasteiger partial charge in [-0.2, -0.15) is 18.6 Å². The number of carbonyl (C=O) groups is 1. The molecular formula is C15H13F2N7O5. The van der Waals surface area contributed by atoms with E-state index >= 15 is 0 Å². The summed E-state index contributed by atoms with van der Waals surface area (Å²) >= 11 is 0. The van der Waals surface area contributed by atoms with Crippen LogP contribution in [0.3, 0.4) is 0 Å². The number of methoxy groups -OCH3 is 1. The average molecular weight is 409 g/mol. The van der Waals surface area contributed by atoms with Gasteiger partial charge >= 0.3 is 12.6 Å². The Morgan fingerprint density at radius 3 is 2.72 bits per heavy atom. The highest BCUT2D eigenvalue weighted by atomic mass is 19.3. The second-order valence-electron chi connectivity index (χ2n) is 5.42. The number of benzene rings is 1. The van der Waals surface area contributed by atoms with E-state index in [1.165, 1.54) is 46.9 Å². The lowest BCUT2D eigenvalue weighted by Crippen LogP contribution is -2.15. The molecule has 0 saturated carbocycles. The number of aromatic nitrogens is 5. The molecule has 3 rings (SSSR count). The van der Waals surface area contributed by atoms with Gasteiger partial charge in [-0.15, -0.1) is 0 Å². The lowest BCUT2D eigenvalue weighted by molar-refractivity contribution is -0.394. The highest BCUT2D eigenvalue weighted by Gasteiger charge is 2.16. The van der Waals surface area contributed by atoms with Crippen molar-refractivity contribution in [3.05, 3.63) is 52.6 Å². The van der Waals surface area contributed by atoms with Gasteiger partial charge in [-0.1, -0.05) is 4.98 Å². The number of nitrogens with zero attached hydrogens (tertiary/aromatic N) is 6. The predicted octanol–water partition coefficient (Wildman–Crippen LogP) is 1.75. The maximum atomic E-state index is 12.4. The molecule has 0 unspecified atom stereocenters. The molecule has 152 valence electrons. The lowest BCUT2D eigenvalue weighted by atomic mass is 10.2. The first kappa shape index (κ1) is 19.7. The Hall–Kier alpha value is -4.10. The minimum absolute atomic E-state index is 0.00159. The summed E-state index contributed by atoms with van der Waals surface area (Å²) in [5, 5.41) is 20.8. The number of nitrogens with one attached hydrogen (secondary N) is 1. The van der Waals surface area contributed by atoms with E-state index in [1.54, 1.807) is 0 Å². The quantitative estimate of drug-likeness (QED) is 0.438. The van der Waals surface area contributed by atoms with E-state index < -0.39 is 23.4 Å². The van der Waals surface area contributed by atoms with Crippen molar-refractivity contribution in [2.75, 3.05) is 12.4 Å². The number of nitro groups is 1. The van der Waals surface area contributed by atoms with E-state index in [4.69, 9.17) is 4.74 Å². The molecule has 1 amide bonds. The molecule has 29 heavy (non-hydrogen) atoms. The average Bonchev–Trinajstić information content (AvgIpc) is 3.32. The number of amides is 1. The summed E-state index contributed by atoms with van der Waals surface area (Å²) in [6.07, 6.45) is 2.64. The Morgan fingerprint density at radius 2 is 2.07 bits per heavy atom. The van der Waals surface area contributed by atoms with Crippen molar-refractivity contribution in [2.45, 2.75) is 13.3 Å². The second-order valence-corrected chi connectivity index (χ2v) is 5.42. The largest absolute Gasteiger partial charge is 0.493 e. The van der Waals surface area contributed by atoms with Crippen LogP contribution in [0.4, 0.5) is 20.4 Å². The Kier molecular flexibility index (Phi) is 5.61. The van der Waals surface area contributed by atoms with E-state index in [0.29, 0.717) is 0 Å². The summed E-state index contributed by atoms with van der Waals surface area (Å²) in [5.74, 6) is -1.28. The number of ether oxygens (including phenoxy) is 2. The van der Waals surface area contributed by atoms with E-state index in [9.17, 15) is 23.7 Å². The van der Waals surface area contributed by atoms with Gasteiger partial charge in [-0.05, 0) is 23.1 Å². The summed E-state index contributed by atoms with van der Waals surface area (Å²) in [4.78, 5) is 25.7. The fourth-order valence-electron chi connectivity index (χ4n) is 2.28. The van der Waals surface area contributed by atoms with E-state index in [0.717, 1.165) is 6.33 Å². The van der Waals surface area contributed by atoms with Crippen molar-refractivity contribution >= 4 is 17.5 Å². The molecule has 0 fully saturated rings. The summed E-state index contributed by atoms with van der Waals surface area (Å²) < 4.78 is 36.5. The normalized spacial score (nSPS) is 10.8. The van der Waals surface area contributed by atoms with Crippen LogP contribution >= 0.6 is 0 Å². The molecule has 0 atom stereocenters. The van der Waals surface area contributed by atoms with E-state index in [-0.39, 0.29) is 29.5 Å². The highest BCUT2D eigenvalue weighted by molar-refractivity contribution is 6.02. The smallest absolute Gasteiger partial charge is 0.491 e. The van der Waals surface area contributed by atoms with Crippen molar-refractivity contribution in [1.82, 2.24) is 24.5 Å². The summed E-state index contributed by atoms with van der Waals surface area (Å²) in [6, 6.07) is 5.34. The Labute approximate surface area is 160 Å². The molecule has 14 heteroatoms. The summed E-state index contributed by atoms with van der Waals surface area (Å²) in [7, 11) is 1.27. The number of alkyl halides is 2. The number of halogens is 2. The van der Waals surface area contributed by atoms with Crippen molar-refractivity contribution in [2.24, 2.45) is 0 Å². The van der Waals surface area contributed by atoms with Gasteiger partial charge in [-0.25, -0.2) is 4.68 Å². The number of anilines is 1. The molecule has 3 aromatic rings. The van der Waals surface area contributed by atoms with E-state index in [1.807, 2.05) is 0 Å². The standard InChI is InChI=1S/C15H13F2N7O5/c1-28-12-6-9(2-3-11(12)29-14(16)17)19-13(25)10-4-5-22(20-10)8-23-7-18-15(21-23)24(26)27/h2-7,14H,8H2,1H3,(H,19,25). The van der Waals surface area contributed by atoms with Crippen LogP contribution in [0.5, 0.6) is 11.5 Å². The second kappa shape index (κ2) is 8.28. The Morgan fingerprint density at radius 1 is 1.28 bits per heavy atom. The minimum atomic E-state index is -3.01. The first-order valence-corrected chi connectivity index (χ1v) is 7.87. The topological polar surface area (TPSA) is 139 Å². The first-order valence-electron chi connectivity index (χ1n) is 7.87. The van der Waals surface area contributed by atoms with Crippen LogP contribution in [0.1, 0.15) is 10.5 Å².